The van der Waals surface area contributed by atoms with Crippen LogP contribution in [0.15, 0.2) is 23.1 Å². The van der Waals surface area contributed by atoms with Gasteiger partial charge in [-0.05, 0) is 24.1 Å². The van der Waals surface area contributed by atoms with Gasteiger partial charge in [0.25, 0.3) is 0 Å². The monoisotopic (exact) mass is 256 g/mol. The van der Waals surface area contributed by atoms with E-state index >= 15 is 0 Å². The summed E-state index contributed by atoms with van der Waals surface area (Å²) in [5.74, 6) is -0.378. The first-order valence-corrected chi connectivity index (χ1v) is 6.68. The zero-order valence-corrected chi connectivity index (χ0v) is 10.9. The third-order valence-corrected chi connectivity index (χ3v) is 3.81. The minimum Gasteiger partial charge on any atom is -0.478 e. The van der Waals surface area contributed by atoms with Crippen molar-refractivity contribution >= 4 is 17.7 Å². The van der Waals surface area contributed by atoms with Crippen LogP contribution in [0, 0.1) is 11.7 Å². The third-order valence-electron chi connectivity index (χ3n) is 2.48. The molecule has 0 bridgehead atoms. The molecule has 4 heteroatoms. The standard InChI is InChI=1S/C13H17FO2S/c1-3-4-9(2)8-17-10-5-6-12(14)11(7-10)13(15)16/h5-7,9H,3-4,8H2,1-2H3,(H,15,16). The van der Waals surface area contributed by atoms with Gasteiger partial charge in [0.1, 0.15) is 5.82 Å². The summed E-state index contributed by atoms with van der Waals surface area (Å²) in [6.07, 6.45) is 2.30. The van der Waals surface area contributed by atoms with Crippen molar-refractivity contribution in [3.05, 3.63) is 29.6 Å². The van der Waals surface area contributed by atoms with Crippen LogP contribution in [0.3, 0.4) is 0 Å². The predicted octanol–water partition coefficient (Wildman–Crippen LogP) is 4.05. The fourth-order valence-electron chi connectivity index (χ4n) is 1.57. The highest BCUT2D eigenvalue weighted by Gasteiger charge is 2.11. The third kappa shape index (κ3) is 4.38. The van der Waals surface area contributed by atoms with Gasteiger partial charge in [0.2, 0.25) is 0 Å². The Hall–Kier alpha value is -1.03. The molecule has 1 aromatic rings. The number of aromatic carboxylic acids is 1. The van der Waals surface area contributed by atoms with Crippen molar-refractivity contribution in [2.24, 2.45) is 5.92 Å². The van der Waals surface area contributed by atoms with E-state index in [0.29, 0.717) is 5.92 Å². The lowest BCUT2D eigenvalue weighted by atomic mass is 10.1. The van der Waals surface area contributed by atoms with Gasteiger partial charge in [-0.15, -0.1) is 11.8 Å². The maximum Gasteiger partial charge on any atom is 0.338 e. The molecular weight excluding hydrogens is 239 g/mol. The molecule has 1 N–H and O–H groups in total. The molecule has 0 heterocycles. The van der Waals surface area contributed by atoms with Crippen LogP contribution in [-0.4, -0.2) is 16.8 Å². The molecule has 1 unspecified atom stereocenters. The molecule has 0 aromatic heterocycles. The predicted molar refractivity (Wildman–Crippen MR) is 68.2 cm³/mol. The van der Waals surface area contributed by atoms with E-state index in [0.717, 1.165) is 23.5 Å². The Bertz CT molecular complexity index is 393. The Morgan fingerprint density at radius 3 is 2.82 bits per heavy atom. The first-order valence-electron chi connectivity index (χ1n) is 5.70. The molecule has 0 amide bonds. The lowest BCUT2D eigenvalue weighted by Crippen LogP contribution is -2.01. The highest BCUT2D eigenvalue weighted by Crippen LogP contribution is 2.24. The van der Waals surface area contributed by atoms with Crippen LogP contribution < -0.4 is 0 Å². The van der Waals surface area contributed by atoms with Crippen molar-refractivity contribution in [2.45, 2.75) is 31.6 Å². The van der Waals surface area contributed by atoms with E-state index in [1.807, 2.05) is 0 Å². The summed E-state index contributed by atoms with van der Waals surface area (Å²) in [4.78, 5) is 11.6. The van der Waals surface area contributed by atoms with E-state index in [1.165, 1.54) is 12.1 Å². The van der Waals surface area contributed by atoms with Crippen LogP contribution >= 0.6 is 11.8 Å². The quantitative estimate of drug-likeness (QED) is 0.780. The average molecular weight is 256 g/mol. The lowest BCUT2D eigenvalue weighted by Gasteiger charge is -2.09. The Morgan fingerprint density at radius 1 is 1.53 bits per heavy atom. The summed E-state index contributed by atoms with van der Waals surface area (Å²) in [5.41, 5.74) is -0.252. The second-order valence-corrected chi connectivity index (χ2v) is 5.25. The van der Waals surface area contributed by atoms with Crippen LogP contribution in [-0.2, 0) is 0 Å². The highest BCUT2D eigenvalue weighted by molar-refractivity contribution is 7.99. The lowest BCUT2D eigenvalue weighted by molar-refractivity contribution is 0.0691. The van der Waals surface area contributed by atoms with E-state index < -0.39 is 11.8 Å². The Morgan fingerprint density at radius 2 is 2.24 bits per heavy atom. The van der Waals surface area contributed by atoms with Crippen molar-refractivity contribution in [1.29, 1.82) is 0 Å². The number of carbonyl (C=O) groups is 1. The molecule has 0 fully saturated rings. The summed E-state index contributed by atoms with van der Waals surface area (Å²) in [7, 11) is 0. The largest absolute Gasteiger partial charge is 0.478 e. The zero-order valence-electron chi connectivity index (χ0n) is 10.1. The molecular formula is C13H17FO2S. The van der Waals surface area contributed by atoms with Crippen molar-refractivity contribution in [3.63, 3.8) is 0 Å². The number of rotatable bonds is 6. The number of halogens is 1. The highest BCUT2D eigenvalue weighted by atomic mass is 32.2. The minimum atomic E-state index is -1.22. The normalized spacial score (nSPS) is 12.4. The van der Waals surface area contributed by atoms with Crippen LogP contribution in [0.5, 0.6) is 0 Å². The summed E-state index contributed by atoms with van der Waals surface area (Å²) in [6, 6.07) is 4.25. The molecule has 0 aliphatic carbocycles. The molecule has 94 valence electrons. The number of benzene rings is 1. The van der Waals surface area contributed by atoms with Gasteiger partial charge < -0.3 is 5.11 Å². The summed E-state index contributed by atoms with van der Waals surface area (Å²) in [5, 5.41) is 8.80. The molecule has 0 saturated carbocycles. The Balaban J connectivity index is 2.66. The molecule has 0 aliphatic heterocycles. The first kappa shape index (κ1) is 14.0. The maximum absolute atomic E-state index is 13.1. The summed E-state index contributed by atoms with van der Waals surface area (Å²) < 4.78 is 13.1. The molecule has 2 nitrogen and oxygen atoms in total. The molecule has 1 aromatic carbocycles. The number of thioether (sulfide) groups is 1. The number of hydrogen-bond acceptors (Lipinski definition) is 2. The van der Waals surface area contributed by atoms with Crippen LogP contribution in [0.25, 0.3) is 0 Å². The molecule has 17 heavy (non-hydrogen) atoms. The Kier molecular flexibility index (Phi) is 5.48. The number of carboxylic acid groups (broad SMARTS) is 1. The van der Waals surface area contributed by atoms with Crippen LogP contribution in [0.1, 0.15) is 37.0 Å². The summed E-state index contributed by atoms with van der Waals surface area (Å²) >= 11 is 1.58. The molecule has 0 saturated heterocycles. The molecule has 0 spiro atoms. The van der Waals surface area contributed by atoms with Crippen molar-refractivity contribution in [3.8, 4) is 0 Å². The van der Waals surface area contributed by atoms with E-state index in [4.69, 9.17) is 5.11 Å². The smallest absolute Gasteiger partial charge is 0.338 e. The van der Waals surface area contributed by atoms with E-state index in [-0.39, 0.29) is 5.56 Å². The van der Waals surface area contributed by atoms with Gasteiger partial charge in [-0.3, -0.25) is 0 Å². The minimum absolute atomic E-state index is 0.252. The maximum atomic E-state index is 13.1. The number of hydrogen-bond donors (Lipinski definition) is 1. The fourth-order valence-corrected chi connectivity index (χ4v) is 2.58. The van der Waals surface area contributed by atoms with Gasteiger partial charge in [-0.1, -0.05) is 26.7 Å². The van der Waals surface area contributed by atoms with E-state index in [2.05, 4.69) is 13.8 Å². The van der Waals surface area contributed by atoms with Gasteiger partial charge in [0.05, 0.1) is 5.56 Å². The molecule has 0 radical (unpaired) electrons. The first-order chi connectivity index (χ1) is 8.04. The zero-order chi connectivity index (χ0) is 12.8. The molecule has 1 atom stereocenters. The van der Waals surface area contributed by atoms with Gasteiger partial charge in [-0.2, -0.15) is 0 Å². The summed E-state index contributed by atoms with van der Waals surface area (Å²) in [6.45, 7) is 4.31. The van der Waals surface area contributed by atoms with Gasteiger partial charge in [0.15, 0.2) is 0 Å². The van der Waals surface area contributed by atoms with E-state index in [9.17, 15) is 9.18 Å². The fraction of sp³-hybridized carbons (Fsp3) is 0.462. The van der Waals surface area contributed by atoms with Crippen LogP contribution in [0.2, 0.25) is 0 Å². The number of carboxylic acids is 1. The van der Waals surface area contributed by atoms with Gasteiger partial charge in [-0.25, -0.2) is 9.18 Å². The van der Waals surface area contributed by atoms with Crippen molar-refractivity contribution in [2.75, 3.05) is 5.75 Å². The second kappa shape index (κ2) is 6.64. The molecule has 1 rings (SSSR count). The molecule has 0 aliphatic rings. The van der Waals surface area contributed by atoms with Gasteiger partial charge in [0, 0.05) is 10.6 Å². The second-order valence-electron chi connectivity index (χ2n) is 4.15. The van der Waals surface area contributed by atoms with Gasteiger partial charge >= 0.3 is 5.97 Å². The van der Waals surface area contributed by atoms with Crippen LogP contribution in [0.4, 0.5) is 4.39 Å². The SMILES string of the molecule is CCCC(C)CSc1ccc(F)c(C(=O)O)c1. The van der Waals surface area contributed by atoms with Crippen molar-refractivity contribution < 1.29 is 14.3 Å². The Labute approximate surface area is 105 Å². The van der Waals surface area contributed by atoms with E-state index in [1.54, 1.807) is 17.8 Å². The topological polar surface area (TPSA) is 37.3 Å². The van der Waals surface area contributed by atoms with Crippen molar-refractivity contribution in [1.82, 2.24) is 0 Å². The average Bonchev–Trinajstić information content (AvgIpc) is 2.28.